The fourth-order valence-electron chi connectivity index (χ4n) is 4.39. The number of hydrogen-bond donors (Lipinski definition) is 1. The molecule has 0 aliphatic heterocycles. The topological polar surface area (TPSA) is 69.0 Å². The molecule has 0 atom stereocenters. The zero-order valence-corrected chi connectivity index (χ0v) is 19.4. The van der Waals surface area contributed by atoms with Crippen molar-refractivity contribution in [3.05, 3.63) is 64.3 Å². The van der Waals surface area contributed by atoms with E-state index in [1.807, 2.05) is 38.1 Å². The molecule has 1 aliphatic carbocycles. The number of carbonyl (C=O) groups is 1. The molecule has 2 heterocycles. The van der Waals surface area contributed by atoms with Gasteiger partial charge < -0.3 is 10.1 Å². The zero-order valence-electron chi connectivity index (χ0n) is 18.6. The minimum Gasteiger partial charge on any atom is -0.496 e. The predicted molar refractivity (Wildman–Crippen MR) is 128 cm³/mol. The Morgan fingerprint density at radius 3 is 2.66 bits per heavy atom. The fourth-order valence-corrected chi connectivity index (χ4v) is 5.37. The number of thiazole rings is 1. The summed E-state index contributed by atoms with van der Waals surface area (Å²) in [7, 11) is 1.65. The number of benzene rings is 2. The molecule has 0 saturated carbocycles. The highest BCUT2D eigenvalue weighted by Crippen LogP contribution is 2.32. The smallest absolute Gasteiger partial charge is 0.229 e. The highest BCUT2D eigenvalue weighted by molar-refractivity contribution is 7.20. The van der Waals surface area contributed by atoms with Crippen LogP contribution in [0.15, 0.2) is 36.4 Å². The summed E-state index contributed by atoms with van der Waals surface area (Å²) >= 11 is 1.61. The van der Waals surface area contributed by atoms with Crippen molar-refractivity contribution >= 4 is 33.3 Å². The summed E-state index contributed by atoms with van der Waals surface area (Å²) in [6.45, 7) is 3.90. The summed E-state index contributed by atoms with van der Waals surface area (Å²) in [5.41, 5.74) is 6.65. The van der Waals surface area contributed by atoms with Crippen LogP contribution >= 0.6 is 11.3 Å². The Morgan fingerprint density at radius 2 is 1.91 bits per heavy atom. The van der Waals surface area contributed by atoms with E-state index >= 15 is 0 Å². The highest BCUT2D eigenvalue weighted by atomic mass is 32.1. The van der Waals surface area contributed by atoms with Gasteiger partial charge in [-0.1, -0.05) is 23.5 Å². The number of methoxy groups -OCH3 is 1. The maximum absolute atomic E-state index is 12.8. The summed E-state index contributed by atoms with van der Waals surface area (Å²) in [5, 5.41) is 8.40. The van der Waals surface area contributed by atoms with E-state index in [4.69, 9.17) is 9.72 Å². The quantitative estimate of drug-likeness (QED) is 0.459. The molecule has 32 heavy (non-hydrogen) atoms. The number of hydrogen-bond acceptors (Lipinski definition) is 5. The lowest BCUT2D eigenvalue weighted by Gasteiger charge is -2.14. The Bertz CT molecular complexity index is 1280. The van der Waals surface area contributed by atoms with Crippen LogP contribution in [-0.4, -0.2) is 27.8 Å². The third-order valence-electron chi connectivity index (χ3n) is 5.94. The number of carbonyl (C=O) groups excluding carboxylic acids is 1. The Labute approximate surface area is 191 Å². The molecule has 0 spiro atoms. The van der Waals surface area contributed by atoms with Crippen molar-refractivity contribution in [2.75, 3.05) is 12.4 Å². The normalized spacial score (nSPS) is 13.2. The second-order valence-corrected chi connectivity index (χ2v) is 9.41. The van der Waals surface area contributed by atoms with Gasteiger partial charge in [-0.05, 0) is 80.0 Å². The van der Waals surface area contributed by atoms with E-state index in [-0.39, 0.29) is 12.3 Å². The van der Waals surface area contributed by atoms with Crippen molar-refractivity contribution in [3.63, 3.8) is 0 Å². The number of nitrogens with zero attached hydrogens (tertiary/aromatic N) is 3. The Balaban J connectivity index is 1.40. The van der Waals surface area contributed by atoms with Crippen molar-refractivity contribution in [2.24, 2.45) is 0 Å². The predicted octanol–water partition coefficient (Wildman–Crippen LogP) is 5.17. The Kier molecular flexibility index (Phi) is 5.43. The SMILES string of the molecule is COc1ccc(CC(=O)Nc2cc(C)nn2-c2nc3cc4c(cc3s2)CCCC4)cc1C. The van der Waals surface area contributed by atoms with Gasteiger partial charge in [0.25, 0.3) is 0 Å². The molecular formula is C25H26N4O2S. The number of fused-ring (bicyclic) bond motifs is 2. The maximum atomic E-state index is 12.8. The summed E-state index contributed by atoms with van der Waals surface area (Å²) in [6.07, 6.45) is 5.06. The molecule has 6 nitrogen and oxygen atoms in total. The molecule has 0 unspecified atom stereocenters. The van der Waals surface area contributed by atoms with E-state index < -0.39 is 0 Å². The average molecular weight is 447 g/mol. The van der Waals surface area contributed by atoms with Gasteiger partial charge in [-0.25, -0.2) is 4.98 Å². The molecule has 4 aromatic rings. The average Bonchev–Trinajstić information content (AvgIpc) is 3.34. The molecule has 5 rings (SSSR count). The summed E-state index contributed by atoms with van der Waals surface area (Å²) in [5.74, 6) is 1.37. The van der Waals surface area contributed by atoms with Crippen LogP contribution in [0, 0.1) is 13.8 Å². The molecular weight excluding hydrogens is 420 g/mol. The van der Waals surface area contributed by atoms with Gasteiger partial charge >= 0.3 is 0 Å². The molecule has 0 bridgehead atoms. The van der Waals surface area contributed by atoms with Gasteiger partial charge in [-0.3, -0.25) is 4.79 Å². The van der Waals surface area contributed by atoms with Gasteiger partial charge in [0, 0.05) is 6.07 Å². The molecule has 1 amide bonds. The van der Waals surface area contributed by atoms with Gasteiger partial charge in [0.1, 0.15) is 11.6 Å². The Hall–Kier alpha value is -3.19. The molecule has 0 fully saturated rings. The van der Waals surface area contributed by atoms with Crippen LogP contribution in [0.4, 0.5) is 5.82 Å². The largest absolute Gasteiger partial charge is 0.496 e. The maximum Gasteiger partial charge on any atom is 0.229 e. The number of aromatic nitrogens is 3. The van der Waals surface area contributed by atoms with E-state index in [1.54, 1.807) is 23.1 Å². The third-order valence-corrected chi connectivity index (χ3v) is 6.94. The van der Waals surface area contributed by atoms with E-state index in [0.717, 1.165) is 46.1 Å². The molecule has 2 aromatic carbocycles. The minimum absolute atomic E-state index is 0.0905. The minimum atomic E-state index is -0.0905. The van der Waals surface area contributed by atoms with Crippen molar-refractivity contribution in [2.45, 2.75) is 46.0 Å². The van der Waals surface area contributed by atoms with Gasteiger partial charge in [-0.15, -0.1) is 0 Å². The summed E-state index contributed by atoms with van der Waals surface area (Å²) < 4.78 is 8.22. The molecule has 0 radical (unpaired) electrons. The van der Waals surface area contributed by atoms with E-state index in [2.05, 4.69) is 22.5 Å². The van der Waals surface area contributed by atoms with E-state index in [9.17, 15) is 4.79 Å². The van der Waals surface area contributed by atoms with Gasteiger partial charge in [0.2, 0.25) is 11.0 Å². The number of rotatable bonds is 5. The lowest BCUT2D eigenvalue weighted by Crippen LogP contribution is -2.17. The van der Waals surface area contributed by atoms with E-state index in [0.29, 0.717) is 5.82 Å². The first-order chi connectivity index (χ1) is 15.5. The van der Waals surface area contributed by atoms with Crippen LogP contribution in [-0.2, 0) is 24.1 Å². The molecule has 7 heteroatoms. The first-order valence-electron chi connectivity index (χ1n) is 10.9. The van der Waals surface area contributed by atoms with Crippen molar-refractivity contribution in [3.8, 4) is 10.9 Å². The molecule has 164 valence electrons. The second kappa shape index (κ2) is 8.39. The van der Waals surface area contributed by atoms with Crippen LogP contribution in [0.25, 0.3) is 15.3 Å². The van der Waals surface area contributed by atoms with Crippen LogP contribution < -0.4 is 10.1 Å². The number of ether oxygens (including phenoxy) is 1. The molecule has 1 N–H and O–H groups in total. The highest BCUT2D eigenvalue weighted by Gasteiger charge is 2.17. The number of nitrogens with one attached hydrogen (secondary N) is 1. The van der Waals surface area contributed by atoms with Gasteiger partial charge in [0.05, 0.1) is 29.4 Å². The van der Waals surface area contributed by atoms with Crippen molar-refractivity contribution in [1.82, 2.24) is 14.8 Å². The molecule has 0 saturated heterocycles. The standard InChI is InChI=1S/C25H26N4O2S/c1-15-10-17(8-9-21(15)31-3)12-24(30)27-23-11-16(2)28-29(23)25-26-20-13-18-6-4-5-7-19(18)14-22(20)32-25/h8-11,13-14H,4-7,12H2,1-3H3,(H,27,30). The monoisotopic (exact) mass is 446 g/mol. The van der Waals surface area contributed by atoms with Crippen LogP contribution in [0.3, 0.4) is 0 Å². The molecule has 1 aliphatic rings. The first-order valence-corrected chi connectivity index (χ1v) is 11.7. The van der Waals surface area contributed by atoms with E-state index in [1.165, 1.54) is 28.7 Å². The van der Waals surface area contributed by atoms with Crippen LogP contribution in [0.2, 0.25) is 0 Å². The number of aryl methyl sites for hydroxylation is 4. The summed E-state index contributed by atoms with van der Waals surface area (Å²) in [4.78, 5) is 17.6. The zero-order chi connectivity index (χ0) is 22.2. The first kappa shape index (κ1) is 20.7. The fraction of sp³-hybridized carbons (Fsp3) is 0.320. The lowest BCUT2D eigenvalue weighted by molar-refractivity contribution is -0.115. The van der Waals surface area contributed by atoms with Gasteiger partial charge in [-0.2, -0.15) is 9.78 Å². The number of amides is 1. The summed E-state index contributed by atoms with van der Waals surface area (Å²) in [6, 6.07) is 12.2. The van der Waals surface area contributed by atoms with Gasteiger partial charge in [0.15, 0.2) is 0 Å². The van der Waals surface area contributed by atoms with Crippen LogP contribution in [0.5, 0.6) is 5.75 Å². The van der Waals surface area contributed by atoms with Crippen molar-refractivity contribution < 1.29 is 9.53 Å². The molecule has 2 aromatic heterocycles. The third kappa shape index (κ3) is 4.00. The number of anilines is 1. The van der Waals surface area contributed by atoms with Crippen LogP contribution in [0.1, 0.15) is 40.8 Å². The Morgan fingerprint density at radius 1 is 1.12 bits per heavy atom. The van der Waals surface area contributed by atoms with Crippen molar-refractivity contribution in [1.29, 1.82) is 0 Å². The second-order valence-electron chi connectivity index (χ2n) is 8.40. The lowest BCUT2D eigenvalue weighted by atomic mass is 9.92.